The summed E-state index contributed by atoms with van der Waals surface area (Å²) in [6.45, 7) is 1.49. The lowest BCUT2D eigenvalue weighted by molar-refractivity contribution is -0.114. The van der Waals surface area contributed by atoms with Crippen LogP contribution in [0, 0.1) is 11.7 Å². The third-order valence-corrected chi connectivity index (χ3v) is 7.84. The zero-order valence-electron chi connectivity index (χ0n) is 19.6. The molecule has 5 rings (SSSR count). The quantitative estimate of drug-likeness (QED) is 0.423. The zero-order chi connectivity index (χ0) is 24.4. The number of rotatable bonds is 4. The van der Waals surface area contributed by atoms with E-state index in [0.29, 0.717) is 27.6 Å². The Morgan fingerprint density at radius 2 is 1.74 bits per heavy atom. The summed E-state index contributed by atoms with van der Waals surface area (Å²) >= 11 is 1.31. The van der Waals surface area contributed by atoms with Crippen LogP contribution in [0.3, 0.4) is 0 Å². The maximum absolute atomic E-state index is 14.1. The van der Waals surface area contributed by atoms with Gasteiger partial charge in [-0.1, -0.05) is 60.3 Å². The minimum Gasteiger partial charge on any atom is -0.339 e. The molecular weight excluding hydrogens is 459 g/mol. The summed E-state index contributed by atoms with van der Waals surface area (Å²) in [5.41, 5.74) is 3.02. The monoisotopic (exact) mass is 486 g/mol. The molecule has 35 heavy (non-hydrogen) atoms. The van der Waals surface area contributed by atoms with Gasteiger partial charge in [-0.3, -0.25) is 9.59 Å². The van der Waals surface area contributed by atoms with E-state index >= 15 is 0 Å². The lowest BCUT2D eigenvalue weighted by atomic mass is 9.90. The van der Waals surface area contributed by atoms with Crippen molar-refractivity contribution < 1.29 is 14.0 Å². The molecule has 2 amide bonds. The van der Waals surface area contributed by atoms with Gasteiger partial charge in [-0.2, -0.15) is 0 Å². The van der Waals surface area contributed by atoms with Crippen molar-refractivity contribution >= 4 is 35.3 Å². The van der Waals surface area contributed by atoms with Crippen LogP contribution >= 0.6 is 11.8 Å². The molecule has 2 aliphatic rings. The number of amides is 2. The number of benzene rings is 3. The molecule has 0 unspecified atom stereocenters. The number of hydrogen-bond donors (Lipinski definition) is 0. The Bertz CT molecular complexity index is 1280. The molecule has 3 aromatic carbocycles. The van der Waals surface area contributed by atoms with Crippen molar-refractivity contribution in [1.82, 2.24) is 4.90 Å². The number of piperidine rings is 1. The van der Waals surface area contributed by atoms with Gasteiger partial charge < -0.3 is 9.80 Å². The molecule has 0 bridgehead atoms. The van der Waals surface area contributed by atoms with Crippen LogP contribution in [0.5, 0.6) is 0 Å². The van der Waals surface area contributed by atoms with Crippen molar-refractivity contribution in [2.75, 3.05) is 25.0 Å². The molecular formula is C29H27FN2O2S. The summed E-state index contributed by atoms with van der Waals surface area (Å²) in [6.07, 6.45) is 4.61. The minimum absolute atomic E-state index is 0.00417. The molecule has 0 N–H and O–H groups in total. The molecule has 1 saturated heterocycles. The van der Waals surface area contributed by atoms with E-state index < -0.39 is 0 Å². The highest BCUT2D eigenvalue weighted by atomic mass is 32.2. The van der Waals surface area contributed by atoms with Crippen LogP contribution < -0.4 is 4.90 Å². The Labute approximate surface area is 209 Å². The smallest absolute Gasteiger partial charge is 0.264 e. The number of halogens is 1. The molecule has 178 valence electrons. The molecule has 0 saturated carbocycles. The average Bonchev–Trinajstić information content (AvgIpc) is 2.89. The van der Waals surface area contributed by atoms with Gasteiger partial charge in [0.1, 0.15) is 5.82 Å². The molecule has 0 aromatic heterocycles. The second-order valence-corrected chi connectivity index (χ2v) is 10.2. The van der Waals surface area contributed by atoms with Crippen molar-refractivity contribution in [3.63, 3.8) is 0 Å². The van der Waals surface area contributed by atoms with Gasteiger partial charge >= 0.3 is 0 Å². The fourth-order valence-corrected chi connectivity index (χ4v) is 5.81. The first-order valence-corrected chi connectivity index (χ1v) is 12.7. The van der Waals surface area contributed by atoms with Crippen LogP contribution in [0.2, 0.25) is 0 Å². The highest BCUT2D eigenvalue weighted by Crippen LogP contribution is 2.42. The third kappa shape index (κ3) is 5.03. The van der Waals surface area contributed by atoms with Crippen molar-refractivity contribution in [3.05, 3.63) is 100 Å². The van der Waals surface area contributed by atoms with E-state index in [1.807, 2.05) is 23.1 Å². The van der Waals surface area contributed by atoms with Gasteiger partial charge in [0.15, 0.2) is 0 Å². The fourth-order valence-electron chi connectivity index (χ4n) is 4.73. The van der Waals surface area contributed by atoms with Crippen molar-refractivity contribution in [2.45, 2.75) is 24.2 Å². The highest BCUT2D eigenvalue weighted by molar-refractivity contribution is 8.04. The van der Waals surface area contributed by atoms with Gasteiger partial charge in [-0.15, -0.1) is 0 Å². The number of carbonyl (C=O) groups excluding carboxylic acids is 2. The molecule has 0 atom stereocenters. The molecule has 0 spiro atoms. The molecule has 1 fully saturated rings. The Morgan fingerprint density at radius 3 is 2.49 bits per heavy atom. The second kappa shape index (κ2) is 10.1. The number of likely N-dealkylation sites (tertiary alicyclic amines) is 1. The van der Waals surface area contributed by atoms with Crippen molar-refractivity contribution in [2.24, 2.45) is 5.92 Å². The first kappa shape index (κ1) is 23.4. The Balaban J connectivity index is 1.28. The standard InChI is InChI=1S/C29H27FN2O2S/c1-31-25-18-23(28(33)32-15-13-21(14-16-32)17-20-7-3-2-4-8-20)11-12-26(25)35-27(29(31)34)19-22-9-5-6-10-24(22)30/h2-12,18-19,21H,13-17H2,1H3/b27-19-. The Morgan fingerprint density at radius 1 is 1.03 bits per heavy atom. The van der Waals surface area contributed by atoms with Crippen LogP contribution in [-0.2, 0) is 11.2 Å². The molecule has 2 aliphatic heterocycles. The fraction of sp³-hybridized carbons (Fsp3) is 0.241. The van der Waals surface area contributed by atoms with E-state index in [0.717, 1.165) is 37.2 Å². The Kier molecular flexibility index (Phi) is 6.73. The Hall–Kier alpha value is -3.38. The normalized spacial score (nSPS) is 17.5. The lowest BCUT2D eigenvalue weighted by Crippen LogP contribution is -2.39. The third-order valence-electron chi connectivity index (χ3n) is 6.76. The van der Waals surface area contributed by atoms with Gasteiger partial charge in [0.05, 0.1) is 10.6 Å². The van der Waals surface area contributed by atoms with E-state index in [9.17, 15) is 14.0 Å². The molecule has 0 radical (unpaired) electrons. The summed E-state index contributed by atoms with van der Waals surface area (Å²) < 4.78 is 14.1. The number of fused-ring (bicyclic) bond motifs is 1. The summed E-state index contributed by atoms with van der Waals surface area (Å²) in [6, 6.07) is 22.4. The predicted molar refractivity (Wildman–Crippen MR) is 139 cm³/mol. The number of anilines is 1. The topological polar surface area (TPSA) is 40.6 Å². The first-order valence-electron chi connectivity index (χ1n) is 11.9. The van der Waals surface area contributed by atoms with E-state index in [1.165, 1.54) is 23.4 Å². The van der Waals surface area contributed by atoms with Gasteiger partial charge in [-0.25, -0.2) is 4.39 Å². The predicted octanol–water partition coefficient (Wildman–Crippen LogP) is 6.03. The summed E-state index contributed by atoms with van der Waals surface area (Å²) in [4.78, 5) is 31.0. The summed E-state index contributed by atoms with van der Waals surface area (Å²) in [7, 11) is 1.69. The molecule has 2 heterocycles. The van der Waals surface area contributed by atoms with E-state index in [1.54, 1.807) is 42.3 Å². The molecule has 6 heteroatoms. The lowest BCUT2D eigenvalue weighted by Gasteiger charge is -2.33. The SMILES string of the molecule is CN1C(=O)/C(=C/c2ccccc2F)Sc2ccc(C(=O)N3CCC(Cc4ccccc4)CC3)cc21. The number of carbonyl (C=O) groups is 2. The maximum atomic E-state index is 14.1. The maximum Gasteiger partial charge on any atom is 0.264 e. The molecule has 0 aliphatic carbocycles. The number of thioether (sulfide) groups is 1. The van der Waals surface area contributed by atoms with Crippen LogP contribution in [0.15, 0.2) is 82.6 Å². The number of likely N-dealkylation sites (N-methyl/N-ethyl adjacent to an activating group) is 1. The summed E-state index contributed by atoms with van der Waals surface area (Å²) in [5, 5.41) is 0. The highest BCUT2D eigenvalue weighted by Gasteiger charge is 2.29. The van der Waals surface area contributed by atoms with E-state index in [-0.39, 0.29) is 17.6 Å². The van der Waals surface area contributed by atoms with Gasteiger partial charge in [-0.05, 0) is 61.1 Å². The first-order chi connectivity index (χ1) is 17.0. The van der Waals surface area contributed by atoms with Crippen LogP contribution in [0.4, 0.5) is 10.1 Å². The number of nitrogens with zero attached hydrogens (tertiary/aromatic N) is 2. The summed E-state index contributed by atoms with van der Waals surface area (Å²) in [5.74, 6) is 0.0155. The van der Waals surface area contributed by atoms with E-state index in [2.05, 4.69) is 24.3 Å². The number of hydrogen-bond acceptors (Lipinski definition) is 3. The van der Waals surface area contributed by atoms with Gasteiger partial charge in [0.2, 0.25) is 0 Å². The minimum atomic E-state index is -0.365. The van der Waals surface area contributed by atoms with Crippen LogP contribution in [0.25, 0.3) is 6.08 Å². The van der Waals surface area contributed by atoms with Gasteiger partial charge in [0, 0.05) is 36.2 Å². The largest absolute Gasteiger partial charge is 0.339 e. The van der Waals surface area contributed by atoms with Crippen LogP contribution in [0.1, 0.15) is 34.3 Å². The zero-order valence-corrected chi connectivity index (χ0v) is 20.4. The van der Waals surface area contributed by atoms with Crippen molar-refractivity contribution in [3.8, 4) is 0 Å². The second-order valence-electron chi connectivity index (χ2n) is 9.10. The molecule has 3 aromatic rings. The van der Waals surface area contributed by atoms with E-state index in [4.69, 9.17) is 0 Å². The van der Waals surface area contributed by atoms with Crippen molar-refractivity contribution in [1.29, 1.82) is 0 Å². The van der Waals surface area contributed by atoms with Gasteiger partial charge in [0.25, 0.3) is 11.8 Å². The average molecular weight is 487 g/mol. The molecule has 4 nitrogen and oxygen atoms in total. The van der Waals surface area contributed by atoms with Crippen LogP contribution in [-0.4, -0.2) is 36.9 Å².